The normalized spacial score (nSPS) is 10.6. The van der Waals surface area contributed by atoms with E-state index in [1.165, 1.54) is 6.07 Å². The van der Waals surface area contributed by atoms with Crippen molar-refractivity contribution in [3.05, 3.63) is 34.7 Å². The minimum atomic E-state index is -0.399. The molecule has 86 valence electrons. The molecular weight excluding hydrogens is 215 g/mol. The first-order valence-corrected chi connectivity index (χ1v) is 5.67. The van der Waals surface area contributed by atoms with Crippen LogP contribution >= 0.6 is 0 Å². The van der Waals surface area contributed by atoms with Gasteiger partial charge in [0.25, 0.3) is 0 Å². The molecule has 4 heteroatoms. The van der Waals surface area contributed by atoms with Crippen LogP contribution in [0.15, 0.2) is 33.5 Å². The van der Waals surface area contributed by atoms with E-state index in [2.05, 4.69) is 6.92 Å². The molecule has 1 aromatic carbocycles. The molecule has 3 nitrogen and oxygen atoms in total. The van der Waals surface area contributed by atoms with Gasteiger partial charge in [-0.25, -0.2) is 4.79 Å². The van der Waals surface area contributed by atoms with Gasteiger partial charge < -0.3 is 9.15 Å². The molecule has 0 saturated heterocycles. The fourth-order valence-electron chi connectivity index (χ4n) is 1.60. The third-order valence-corrected chi connectivity index (χ3v) is 2.49. The Labute approximate surface area is 101 Å². The minimum absolute atomic E-state index is 0.399. The molecule has 0 N–H and O–H groups in total. The Kier molecular flexibility index (Phi) is 3.52. The van der Waals surface area contributed by atoms with Gasteiger partial charge in [0.1, 0.15) is 19.2 Å². The summed E-state index contributed by atoms with van der Waals surface area (Å²) in [7, 11) is 5.82. The van der Waals surface area contributed by atoms with Gasteiger partial charge in [0, 0.05) is 11.5 Å². The molecule has 0 bridgehead atoms. The molecule has 0 amide bonds. The van der Waals surface area contributed by atoms with E-state index in [1.54, 1.807) is 12.1 Å². The van der Waals surface area contributed by atoms with Gasteiger partial charge >= 0.3 is 5.63 Å². The second kappa shape index (κ2) is 5.08. The summed E-state index contributed by atoms with van der Waals surface area (Å²) in [6.45, 7) is 2.77. The Morgan fingerprint density at radius 2 is 2.18 bits per heavy atom. The Hall–Kier alpha value is -1.71. The van der Waals surface area contributed by atoms with E-state index in [0.717, 1.165) is 18.2 Å². The number of fused-ring (bicyclic) bond motifs is 1. The maximum Gasteiger partial charge on any atom is 0.336 e. The average molecular weight is 228 g/mol. The fraction of sp³-hybridized carbons (Fsp3) is 0.308. The zero-order valence-corrected chi connectivity index (χ0v) is 9.73. The number of unbranched alkanes of at least 4 members (excludes halogenated alkanes) is 1. The summed E-state index contributed by atoms with van der Waals surface area (Å²) < 4.78 is 10.6. The first-order valence-electron chi connectivity index (χ1n) is 5.67. The Bertz CT molecular complexity index is 574. The molecule has 0 aliphatic carbocycles. The van der Waals surface area contributed by atoms with Gasteiger partial charge in [-0.3, -0.25) is 0 Å². The summed E-state index contributed by atoms with van der Waals surface area (Å²) in [4.78, 5) is 11.1. The molecule has 0 atom stereocenters. The molecule has 0 fully saturated rings. The van der Waals surface area contributed by atoms with Crippen LogP contribution in [-0.2, 0) is 0 Å². The second-order valence-electron chi connectivity index (χ2n) is 3.89. The quantitative estimate of drug-likeness (QED) is 0.454. The summed E-state index contributed by atoms with van der Waals surface area (Å²) in [6, 6.07) is 6.56. The number of hydrogen-bond acceptors (Lipinski definition) is 3. The van der Waals surface area contributed by atoms with Crippen LogP contribution in [0.4, 0.5) is 0 Å². The zero-order chi connectivity index (χ0) is 12.3. The summed E-state index contributed by atoms with van der Waals surface area (Å²) in [6.07, 6.45) is 2.08. The van der Waals surface area contributed by atoms with Crippen molar-refractivity contribution in [2.75, 3.05) is 6.61 Å². The van der Waals surface area contributed by atoms with Crippen molar-refractivity contribution in [3.8, 4) is 5.75 Å². The van der Waals surface area contributed by atoms with Crippen molar-refractivity contribution < 1.29 is 9.15 Å². The zero-order valence-electron chi connectivity index (χ0n) is 9.73. The van der Waals surface area contributed by atoms with Gasteiger partial charge in [0.2, 0.25) is 0 Å². The van der Waals surface area contributed by atoms with E-state index >= 15 is 0 Å². The van der Waals surface area contributed by atoms with Gasteiger partial charge in [0.15, 0.2) is 0 Å². The summed E-state index contributed by atoms with van der Waals surface area (Å²) in [5, 5.41) is 0.774. The lowest BCUT2D eigenvalue weighted by Gasteiger charge is -2.08. The lowest BCUT2D eigenvalue weighted by molar-refractivity contribution is 0.310. The lowest BCUT2D eigenvalue weighted by Crippen LogP contribution is -2.09. The summed E-state index contributed by atoms with van der Waals surface area (Å²) in [5.74, 6) is 0.706. The summed E-state index contributed by atoms with van der Waals surface area (Å²) >= 11 is 0. The maximum atomic E-state index is 11.1. The van der Waals surface area contributed by atoms with Gasteiger partial charge in [-0.2, -0.15) is 0 Å². The maximum absolute atomic E-state index is 11.1. The molecule has 0 spiro atoms. The molecule has 0 aliphatic rings. The Morgan fingerprint density at radius 1 is 1.35 bits per heavy atom. The largest absolute Gasteiger partial charge is 0.494 e. The van der Waals surface area contributed by atoms with Crippen LogP contribution in [0.3, 0.4) is 0 Å². The predicted molar refractivity (Wildman–Crippen MR) is 68.3 cm³/mol. The predicted octanol–water partition coefficient (Wildman–Crippen LogP) is 1.77. The third kappa shape index (κ3) is 2.70. The number of benzene rings is 1. The molecular formula is C13H13BO3. The lowest BCUT2D eigenvalue weighted by atomic mass is 9.93. The average Bonchev–Trinajstić information content (AvgIpc) is 2.31. The molecule has 17 heavy (non-hydrogen) atoms. The SMILES string of the molecule is [B]c1cc(OCCCC)cc2ccc(=O)oc12. The highest BCUT2D eigenvalue weighted by Gasteiger charge is 2.04. The van der Waals surface area contributed by atoms with Gasteiger partial charge in [-0.15, -0.1) is 0 Å². The van der Waals surface area contributed by atoms with Crippen LogP contribution in [0, 0.1) is 0 Å². The van der Waals surface area contributed by atoms with Crippen molar-refractivity contribution in [2.24, 2.45) is 0 Å². The molecule has 0 saturated carbocycles. The van der Waals surface area contributed by atoms with Crippen LogP contribution in [0.1, 0.15) is 19.8 Å². The molecule has 2 aromatic rings. The minimum Gasteiger partial charge on any atom is -0.494 e. The second-order valence-corrected chi connectivity index (χ2v) is 3.89. The highest BCUT2D eigenvalue weighted by molar-refractivity contribution is 6.38. The Balaban J connectivity index is 2.35. The van der Waals surface area contributed by atoms with Gasteiger partial charge in [-0.1, -0.05) is 18.8 Å². The number of ether oxygens (including phenoxy) is 1. The molecule has 0 unspecified atom stereocenters. The van der Waals surface area contributed by atoms with Gasteiger partial charge in [0.05, 0.1) is 6.61 Å². The number of rotatable bonds is 4. The fourth-order valence-corrected chi connectivity index (χ4v) is 1.60. The van der Waals surface area contributed by atoms with E-state index in [4.69, 9.17) is 17.0 Å². The molecule has 1 aromatic heterocycles. The van der Waals surface area contributed by atoms with E-state index in [9.17, 15) is 4.79 Å². The van der Waals surface area contributed by atoms with Crippen molar-refractivity contribution in [2.45, 2.75) is 19.8 Å². The van der Waals surface area contributed by atoms with Crippen LogP contribution in [0.25, 0.3) is 11.0 Å². The van der Waals surface area contributed by atoms with Crippen molar-refractivity contribution in [1.29, 1.82) is 0 Å². The third-order valence-electron chi connectivity index (χ3n) is 2.49. The topological polar surface area (TPSA) is 39.4 Å². The standard InChI is InChI=1S/C13H13BO3/c1-2-3-6-16-10-7-9-4-5-12(15)17-13(9)11(14)8-10/h4-5,7-8H,2-3,6H2,1H3. The van der Waals surface area contributed by atoms with Crippen LogP contribution in [0.2, 0.25) is 0 Å². The van der Waals surface area contributed by atoms with E-state index in [0.29, 0.717) is 23.4 Å². The first-order chi connectivity index (χ1) is 8.20. The molecule has 1 heterocycles. The number of hydrogen-bond donors (Lipinski definition) is 0. The van der Waals surface area contributed by atoms with Crippen LogP contribution in [0.5, 0.6) is 5.75 Å². The molecule has 0 aliphatic heterocycles. The van der Waals surface area contributed by atoms with Gasteiger partial charge in [-0.05, 0) is 24.6 Å². The smallest absolute Gasteiger partial charge is 0.336 e. The van der Waals surface area contributed by atoms with Crippen LogP contribution < -0.4 is 15.8 Å². The monoisotopic (exact) mass is 228 g/mol. The highest BCUT2D eigenvalue weighted by atomic mass is 16.5. The van der Waals surface area contributed by atoms with E-state index < -0.39 is 5.63 Å². The van der Waals surface area contributed by atoms with Crippen molar-refractivity contribution in [3.63, 3.8) is 0 Å². The first kappa shape index (κ1) is 11.8. The molecule has 2 rings (SSSR count). The van der Waals surface area contributed by atoms with Crippen LogP contribution in [-0.4, -0.2) is 14.5 Å². The highest BCUT2D eigenvalue weighted by Crippen LogP contribution is 2.17. The molecule has 2 radical (unpaired) electrons. The van der Waals surface area contributed by atoms with Crippen molar-refractivity contribution in [1.82, 2.24) is 0 Å². The summed E-state index contributed by atoms with van der Waals surface area (Å²) in [5.41, 5.74) is 0.441. The van der Waals surface area contributed by atoms with Crippen molar-refractivity contribution >= 4 is 24.3 Å². The Morgan fingerprint density at radius 3 is 2.94 bits per heavy atom. The van der Waals surface area contributed by atoms with E-state index in [1.807, 2.05) is 6.07 Å². The van der Waals surface area contributed by atoms with E-state index in [-0.39, 0.29) is 0 Å².